The van der Waals surface area contributed by atoms with Gasteiger partial charge in [-0.2, -0.15) is 5.26 Å². The molecule has 0 aliphatic carbocycles. The molecule has 0 amide bonds. The molecule has 0 N–H and O–H groups in total. The van der Waals surface area contributed by atoms with Crippen LogP contribution in [0.25, 0.3) is 0 Å². The van der Waals surface area contributed by atoms with Crippen LogP contribution in [0.15, 0.2) is 6.20 Å². The average molecular weight is 208 g/mol. The number of nitrogens with zero attached hydrogens (tertiary/aromatic N) is 2. The third kappa shape index (κ3) is 2.18. The predicted octanol–water partition coefficient (Wildman–Crippen LogP) is 2.42. The van der Waals surface area contributed by atoms with E-state index in [2.05, 4.69) is 4.98 Å². The van der Waals surface area contributed by atoms with Crippen molar-refractivity contribution in [1.82, 2.24) is 4.98 Å². The molecule has 0 atom stereocenters. The van der Waals surface area contributed by atoms with E-state index >= 15 is 0 Å². The van der Waals surface area contributed by atoms with Crippen molar-refractivity contribution in [2.45, 2.75) is 19.6 Å². The van der Waals surface area contributed by atoms with E-state index in [1.165, 1.54) is 11.8 Å². The van der Waals surface area contributed by atoms with Crippen molar-refractivity contribution in [2.75, 3.05) is 7.11 Å². The highest BCUT2D eigenvalue weighted by Gasteiger charge is 2.08. The normalized spacial score (nSPS) is 9.57. The van der Waals surface area contributed by atoms with Crippen molar-refractivity contribution in [3.8, 4) is 11.2 Å². The summed E-state index contributed by atoms with van der Waals surface area (Å²) < 4.78 is 5.26. The summed E-state index contributed by atoms with van der Waals surface area (Å²) in [6.45, 7) is 3.92. The van der Waals surface area contributed by atoms with Crippen LogP contribution in [-0.2, 0) is 5.75 Å². The summed E-state index contributed by atoms with van der Waals surface area (Å²) in [5.74, 6) is 1.48. The predicted molar refractivity (Wildman–Crippen MR) is 57.2 cm³/mol. The van der Waals surface area contributed by atoms with Gasteiger partial charge in [-0.3, -0.25) is 4.98 Å². The standard InChI is InChI=1S/C10H12N2OS/c1-7-4-12-9(5-14-6-11)8(2)10(7)13-3/h4H,5H2,1-3H3. The number of rotatable bonds is 3. The molecular weight excluding hydrogens is 196 g/mol. The number of thioether (sulfide) groups is 1. The van der Waals surface area contributed by atoms with Gasteiger partial charge < -0.3 is 4.74 Å². The van der Waals surface area contributed by atoms with Gasteiger partial charge in [-0.15, -0.1) is 0 Å². The summed E-state index contributed by atoms with van der Waals surface area (Å²) in [5, 5.41) is 10.5. The Balaban J connectivity index is 3.03. The van der Waals surface area contributed by atoms with Gasteiger partial charge in [0.2, 0.25) is 0 Å². The number of ether oxygens (including phenoxy) is 1. The van der Waals surface area contributed by atoms with E-state index in [1.54, 1.807) is 13.3 Å². The topological polar surface area (TPSA) is 45.9 Å². The smallest absolute Gasteiger partial charge is 0.133 e. The molecule has 0 fully saturated rings. The second-order valence-electron chi connectivity index (χ2n) is 2.93. The molecule has 74 valence electrons. The number of aromatic nitrogens is 1. The monoisotopic (exact) mass is 208 g/mol. The largest absolute Gasteiger partial charge is 0.496 e. The van der Waals surface area contributed by atoms with Crippen LogP contribution >= 0.6 is 11.8 Å². The molecule has 1 aromatic rings. The number of hydrogen-bond donors (Lipinski definition) is 0. The zero-order valence-corrected chi connectivity index (χ0v) is 9.31. The molecular formula is C10H12N2OS. The lowest BCUT2D eigenvalue weighted by Gasteiger charge is -2.10. The fraction of sp³-hybridized carbons (Fsp3) is 0.400. The van der Waals surface area contributed by atoms with Gasteiger partial charge in [0.05, 0.1) is 18.6 Å². The molecule has 0 aliphatic rings. The van der Waals surface area contributed by atoms with E-state index in [1.807, 2.05) is 19.2 Å². The molecule has 0 aromatic carbocycles. The summed E-state index contributed by atoms with van der Waals surface area (Å²) in [5.41, 5.74) is 2.96. The van der Waals surface area contributed by atoms with Crippen LogP contribution < -0.4 is 4.74 Å². The first-order valence-electron chi connectivity index (χ1n) is 4.20. The Morgan fingerprint density at radius 2 is 2.29 bits per heavy atom. The minimum Gasteiger partial charge on any atom is -0.496 e. The van der Waals surface area contributed by atoms with Gasteiger partial charge in [0, 0.05) is 17.3 Å². The molecule has 0 radical (unpaired) electrons. The lowest BCUT2D eigenvalue weighted by Crippen LogP contribution is -1.98. The quantitative estimate of drug-likeness (QED) is 0.716. The minimum absolute atomic E-state index is 0.610. The molecule has 0 aliphatic heterocycles. The van der Waals surface area contributed by atoms with Gasteiger partial charge in [0.25, 0.3) is 0 Å². The van der Waals surface area contributed by atoms with Gasteiger partial charge in [0.1, 0.15) is 11.2 Å². The highest BCUT2D eigenvalue weighted by atomic mass is 32.2. The van der Waals surface area contributed by atoms with Gasteiger partial charge in [0.15, 0.2) is 0 Å². The van der Waals surface area contributed by atoms with Crippen molar-refractivity contribution in [3.63, 3.8) is 0 Å². The summed E-state index contributed by atoms with van der Waals surface area (Å²) in [6.07, 6.45) is 1.78. The van der Waals surface area contributed by atoms with Gasteiger partial charge in [-0.05, 0) is 25.6 Å². The molecule has 0 bridgehead atoms. The van der Waals surface area contributed by atoms with E-state index in [0.29, 0.717) is 5.75 Å². The SMILES string of the molecule is COc1c(C)cnc(CSC#N)c1C. The number of hydrogen-bond acceptors (Lipinski definition) is 4. The molecule has 0 spiro atoms. The molecule has 0 unspecified atom stereocenters. The average Bonchev–Trinajstić information content (AvgIpc) is 2.18. The van der Waals surface area contributed by atoms with Gasteiger partial charge >= 0.3 is 0 Å². The molecule has 0 saturated heterocycles. The van der Waals surface area contributed by atoms with Crippen LogP contribution in [0.2, 0.25) is 0 Å². The molecule has 1 heterocycles. The summed E-state index contributed by atoms with van der Waals surface area (Å²) in [6, 6.07) is 0. The van der Waals surface area contributed by atoms with Crippen LogP contribution in [-0.4, -0.2) is 12.1 Å². The lowest BCUT2D eigenvalue weighted by atomic mass is 10.1. The Morgan fingerprint density at radius 3 is 2.86 bits per heavy atom. The molecule has 1 rings (SSSR count). The van der Waals surface area contributed by atoms with Crippen molar-refractivity contribution >= 4 is 11.8 Å². The Morgan fingerprint density at radius 1 is 1.57 bits per heavy atom. The first kappa shape index (κ1) is 10.9. The van der Waals surface area contributed by atoms with Crippen LogP contribution in [0.5, 0.6) is 5.75 Å². The van der Waals surface area contributed by atoms with Crippen LogP contribution in [0.1, 0.15) is 16.8 Å². The van der Waals surface area contributed by atoms with Crippen LogP contribution in [0.3, 0.4) is 0 Å². The Hall–Kier alpha value is -1.21. The van der Waals surface area contributed by atoms with Gasteiger partial charge in [-0.25, -0.2) is 0 Å². The van der Waals surface area contributed by atoms with E-state index in [-0.39, 0.29) is 0 Å². The molecule has 1 aromatic heterocycles. The number of aryl methyl sites for hydroxylation is 1. The van der Waals surface area contributed by atoms with Gasteiger partial charge in [-0.1, -0.05) is 0 Å². The van der Waals surface area contributed by atoms with Crippen LogP contribution in [0.4, 0.5) is 0 Å². The highest BCUT2D eigenvalue weighted by Crippen LogP contribution is 2.25. The number of pyridine rings is 1. The van der Waals surface area contributed by atoms with Crippen molar-refractivity contribution in [3.05, 3.63) is 23.0 Å². The molecule has 14 heavy (non-hydrogen) atoms. The summed E-state index contributed by atoms with van der Waals surface area (Å²) in [4.78, 5) is 4.27. The first-order chi connectivity index (χ1) is 6.70. The second-order valence-corrected chi connectivity index (χ2v) is 3.69. The number of thiocyanates is 1. The lowest BCUT2D eigenvalue weighted by molar-refractivity contribution is 0.407. The Bertz CT molecular complexity index is 371. The first-order valence-corrected chi connectivity index (χ1v) is 5.19. The van der Waals surface area contributed by atoms with Crippen molar-refractivity contribution < 1.29 is 4.74 Å². The van der Waals surface area contributed by atoms with Crippen molar-refractivity contribution in [2.24, 2.45) is 0 Å². The Labute approximate surface area is 88.1 Å². The van der Waals surface area contributed by atoms with E-state index in [0.717, 1.165) is 22.6 Å². The maximum absolute atomic E-state index is 8.45. The third-order valence-corrected chi connectivity index (χ3v) is 2.57. The summed E-state index contributed by atoms with van der Waals surface area (Å²) in [7, 11) is 1.65. The zero-order chi connectivity index (χ0) is 10.6. The van der Waals surface area contributed by atoms with E-state index in [9.17, 15) is 0 Å². The fourth-order valence-electron chi connectivity index (χ4n) is 1.32. The highest BCUT2D eigenvalue weighted by molar-refractivity contribution is 8.02. The molecule has 4 heteroatoms. The summed E-state index contributed by atoms with van der Waals surface area (Å²) >= 11 is 1.19. The number of nitriles is 1. The fourth-order valence-corrected chi connectivity index (χ4v) is 1.81. The van der Waals surface area contributed by atoms with E-state index < -0.39 is 0 Å². The number of methoxy groups -OCH3 is 1. The van der Waals surface area contributed by atoms with E-state index in [4.69, 9.17) is 10.00 Å². The third-order valence-electron chi connectivity index (χ3n) is 2.02. The van der Waals surface area contributed by atoms with Crippen LogP contribution in [0, 0.1) is 24.5 Å². The van der Waals surface area contributed by atoms with Crippen molar-refractivity contribution in [1.29, 1.82) is 5.26 Å². The maximum atomic E-state index is 8.45. The minimum atomic E-state index is 0.610. The maximum Gasteiger partial charge on any atom is 0.133 e. The molecule has 0 saturated carbocycles. The Kier molecular flexibility index (Phi) is 3.78. The molecule has 3 nitrogen and oxygen atoms in total. The zero-order valence-electron chi connectivity index (χ0n) is 8.50. The second kappa shape index (κ2) is 4.87.